The van der Waals surface area contributed by atoms with E-state index in [0.717, 1.165) is 25.0 Å². The van der Waals surface area contributed by atoms with Crippen LogP contribution in [-0.2, 0) is 4.74 Å². The van der Waals surface area contributed by atoms with Crippen LogP contribution in [0.2, 0.25) is 0 Å². The van der Waals surface area contributed by atoms with E-state index in [4.69, 9.17) is 4.74 Å². The van der Waals surface area contributed by atoms with Gasteiger partial charge in [-0.1, -0.05) is 32.0 Å². The third kappa shape index (κ3) is 3.77. The molecule has 3 unspecified atom stereocenters. The van der Waals surface area contributed by atoms with Gasteiger partial charge in [0.25, 0.3) is 0 Å². The lowest BCUT2D eigenvalue weighted by Gasteiger charge is -2.34. The summed E-state index contributed by atoms with van der Waals surface area (Å²) >= 11 is 0. The van der Waals surface area contributed by atoms with E-state index >= 15 is 0 Å². The largest absolute Gasteiger partial charge is 0.378 e. The molecule has 106 valence electrons. The molecular weight excluding hydrogens is 241 g/mol. The van der Waals surface area contributed by atoms with Gasteiger partial charge in [-0.25, -0.2) is 4.39 Å². The second kappa shape index (κ2) is 6.49. The molecule has 1 aromatic rings. The summed E-state index contributed by atoms with van der Waals surface area (Å²) in [7, 11) is 0. The minimum absolute atomic E-state index is 0.0390. The van der Waals surface area contributed by atoms with E-state index in [9.17, 15) is 4.39 Å². The summed E-state index contributed by atoms with van der Waals surface area (Å²) in [6, 6.07) is 7.44. The number of nitrogens with one attached hydrogen (secondary N) is 1. The first-order chi connectivity index (χ1) is 9.08. The predicted octanol–water partition coefficient (Wildman–Crippen LogP) is 3.68. The van der Waals surface area contributed by atoms with E-state index in [-0.39, 0.29) is 11.9 Å². The first-order valence-corrected chi connectivity index (χ1v) is 7.20. The molecule has 19 heavy (non-hydrogen) atoms. The fourth-order valence-corrected chi connectivity index (χ4v) is 2.71. The summed E-state index contributed by atoms with van der Waals surface area (Å²) in [5, 5.41) is 3.54. The summed E-state index contributed by atoms with van der Waals surface area (Å²) in [6.07, 6.45) is 2.33. The van der Waals surface area contributed by atoms with Gasteiger partial charge in [0, 0.05) is 24.3 Å². The first kappa shape index (κ1) is 14.5. The monoisotopic (exact) mass is 265 g/mol. The number of halogens is 1. The lowest BCUT2D eigenvalue weighted by atomic mass is 9.94. The van der Waals surface area contributed by atoms with Crippen LogP contribution in [0.3, 0.4) is 0 Å². The van der Waals surface area contributed by atoms with E-state index in [0.29, 0.717) is 18.1 Å². The Balaban J connectivity index is 1.95. The van der Waals surface area contributed by atoms with E-state index in [1.807, 2.05) is 19.1 Å². The zero-order valence-corrected chi connectivity index (χ0v) is 12.0. The number of ether oxygens (including phenoxy) is 1. The zero-order valence-electron chi connectivity index (χ0n) is 12.0. The van der Waals surface area contributed by atoms with Crippen LogP contribution in [0.15, 0.2) is 24.3 Å². The van der Waals surface area contributed by atoms with Crippen LogP contribution in [-0.4, -0.2) is 18.8 Å². The molecule has 2 nitrogen and oxygen atoms in total. The van der Waals surface area contributed by atoms with Gasteiger partial charge in [0.15, 0.2) is 0 Å². The summed E-state index contributed by atoms with van der Waals surface area (Å²) in [5.41, 5.74) is 0.745. The van der Waals surface area contributed by atoms with Gasteiger partial charge in [-0.2, -0.15) is 0 Å². The quantitative estimate of drug-likeness (QED) is 0.896. The van der Waals surface area contributed by atoms with Gasteiger partial charge < -0.3 is 10.1 Å². The molecule has 2 rings (SSSR count). The predicted molar refractivity (Wildman–Crippen MR) is 75.6 cm³/mol. The Kier molecular flexibility index (Phi) is 4.94. The van der Waals surface area contributed by atoms with Crippen molar-refractivity contribution >= 4 is 0 Å². The molecule has 1 aliphatic rings. The van der Waals surface area contributed by atoms with Crippen LogP contribution < -0.4 is 5.32 Å². The lowest BCUT2D eigenvalue weighted by molar-refractivity contribution is -0.0257. The van der Waals surface area contributed by atoms with Gasteiger partial charge in [0.1, 0.15) is 5.82 Å². The number of hydrogen-bond acceptors (Lipinski definition) is 2. The molecule has 0 aliphatic carbocycles. The van der Waals surface area contributed by atoms with Crippen LogP contribution in [0.4, 0.5) is 4.39 Å². The molecule has 0 aromatic heterocycles. The Morgan fingerprint density at radius 3 is 2.68 bits per heavy atom. The average molecular weight is 265 g/mol. The van der Waals surface area contributed by atoms with Crippen molar-refractivity contribution in [2.45, 2.75) is 51.8 Å². The Hall–Kier alpha value is -0.930. The van der Waals surface area contributed by atoms with E-state index in [1.54, 1.807) is 6.07 Å². The SMILES string of the molecule is CC(NC1CCOC(C(C)C)C1)c1ccccc1F. The maximum atomic E-state index is 13.7. The standard InChI is InChI=1S/C16H24FNO/c1-11(2)16-10-13(8-9-19-16)18-12(3)14-6-4-5-7-15(14)17/h4-7,11-13,16,18H,8-10H2,1-3H3. The van der Waals surface area contributed by atoms with Crippen molar-refractivity contribution in [1.82, 2.24) is 5.32 Å². The van der Waals surface area contributed by atoms with Crippen molar-refractivity contribution in [2.75, 3.05) is 6.61 Å². The van der Waals surface area contributed by atoms with Gasteiger partial charge >= 0.3 is 0 Å². The first-order valence-electron chi connectivity index (χ1n) is 7.20. The van der Waals surface area contributed by atoms with Crippen LogP contribution in [0, 0.1) is 11.7 Å². The van der Waals surface area contributed by atoms with Gasteiger partial charge in [0.05, 0.1) is 6.10 Å². The molecular formula is C16H24FNO. The zero-order chi connectivity index (χ0) is 13.8. The molecule has 1 heterocycles. The van der Waals surface area contributed by atoms with Crippen molar-refractivity contribution in [2.24, 2.45) is 5.92 Å². The van der Waals surface area contributed by atoms with Crippen LogP contribution in [0.25, 0.3) is 0 Å². The van der Waals surface area contributed by atoms with Crippen molar-refractivity contribution in [3.05, 3.63) is 35.6 Å². The maximum Gasteiger partial charge on any atom is 0.127 e. The molecule has 0 radical (unpaired) electrons. The highest BCUT2D eigenvalue weighted by atomic mass is 19.1. The minimum atomic E-state index is -0.130. The molecule has 0 spiro atoms. The van der Waals surface area contributed by atoms with Crippen molar-refractivity contribution < 1.29 is 9.13 Å². The van der Waals surface area contributed by atoms with Gasteiger partial charge in [0.2, 0.25) is 0 Å². The molecule has 0 amide bonds. The molecule has 0 saturated carbocycles. The topological polar surface area (TPSA) is 21.3 Å². The summed E-state index contributed by atoms with van der Waals surface area (Å²) < 4.78 is 19.5. The highest BCUT2D eigenvalue weighted by molar-refractivity contribution is 5.20. The third-order valence-corrected chi connectivity index (χ3v) is 3.92. The Morgan fingerprint density at radius 2 is 2.00 bits per heavy atom. The second-order valence-electron chi connectivity index (χ2n) is 5.78. The molecule has 3 atom stereocenters. The Labute approximate surface area is 115 Å². The van der Waals surface area contributed by atoms with Gasteiger partial charge in [-0.05, 0) is 31.7 Å². The van der Waals surface area contributed by atoms with E-state index in [2.05, 4.69) is 19.2 Å². The molecule has 3 heteroatoms. The minimum Gasteiger partial charge on any atom is -0.378 e. The van der Waals surface area contributed by atoms with Crippen LogP contribution in [0.1, 0.15) is 45.2 Å². The summed E-state index contributed by atoms with van der Waals surface area (Å²) in [6.45, 7) is 7.20. The fourth-order valence-electron chi connectivity index (χ4n) is 2.71. The molecule has 1 aromatic carbocycles. The second-order valence-corrected chi connectivity index (χ2v) is 5.78. The Bertz CT molecular complexity index is 407. The highest BCUT2D eigenvalue weighted by Gasteiger charge is 2.26. The van der Waals surface area contributed by atoms with Crippen molar-refractivity contribution in [3.8, 4) is 0 Å². The lowest BCUT2D eigenvalue weighted by Crippen LogP contribution is -2.41. The van der Waals surface area contributed by atoms with Crippen LogP contribution in [0.5, 0.6) is 0 Å². The molecule has 1 saturated heterocycles. The summed E-state index contributed by atoms with van der Waals surface area (Å²) in [5.74, 6) is 0.406. The number of rotatable bonds is 4. The summed E-state index contributed by atoms with van der Waals surface area (Å²) in [4.78, 5) is 0. The van der Waals surface area contributed by atoms with Gasteiger partial charge in [-0.3, -0.25) is 0 Å². The molecule has 0 bridgehead atoms. The molecule has 1 fully saturated rings. The fraction of sp³-hybridized carbons (Fsp3) is 0.625. The van der Waals surface area contributed by atoms with E-state index < -0.39 is 0 Å². The highest BCUT2D eigenvalue weighted by Crippen LogP contribution is 2.23. The van der Waals surface area contributed by atoms with Crippen LogP contribution >= 0.6 is 0 Å². The molecule has 1 aliphatic heterocycles. The van der Waals surface area contributed by atoms with Gasteiger partial charge in [-0.15, -0.1) is 0 Å². The number of benzene rings is 1. The smallest absolute Gasteiger partial charge is 0.127 e. The average Bonchev–Trinajstić information content (AvgIpc) is 2.39. The normalized spacial score (nSPS) is 25.5. The van der Waals surface area contributed by atoms with Crippen molar-refractivity contribution in [3.63, 3.8) is 0 Å². The van der Waals surface area contributed by atoms with Crippen molar-refractivity contribution in [1.29, 1.82) is 0 Å². The maximum absolute atomic E-state index is 13.7. The Morgan fingerprint density at radius 1 is 1.26 bits per heavy atom. The third-order valence-electron chi connectivity index (χ3n) is 3.92. The van der Waals surface area contributed by atoms with E-state index in [1.165, 1.54) is 6.07 Å². The number of hydrogen-bond donors (Lipinski definition) is 1. The molecule has 1 N–H and O–H groups in total.